The minimum atomic E-state index is -3.76. The highest BCUT2D eigenvalue weighted by atomic mass is 32.2. The maximum absolute atomic E-state index is 13.6. The predicted molar refractivity (Wildman–Crippen MR) is 148 cm³/mol. The first-order chi connectivity index (χ1) is 18.4. The van der Waals surface area contributed by atoms with E-state index in [2.05, 4.69) is 10.4 Å². The summed E-state index contributed by atoms with van der Waals surface area (Å²) in [7, 11) is -0.609. The molecule has 13 heteroatoms. The molecule has 0 spiro atoms. The minimum Gasteiger partial charge on any atom is -0.486 e. The monoisotopic (exact) mass is 575 g/mol. The summed E-state index contributed by atoms with van der Waals surface area (Å²) < 4.78 is 35.7. The van der Waals surface area contributed by atoms with Crippen LogP contribution in [-0.2, 0) is 17.1 Å². The third-order valence-corrected chi connectivity index (χ3v) is 9.97. The summed E-state index contributed by atoms with van der Waals surface area (Å²) in [4.78, 5) is 28.3. The van der Waals surface area contributed by atoms with E-state index in [-0.39, 0.29) is 52.7 Å². The van der Waals surface area contributed by atoms with Crippen molar-refractivity contribution < 1.29 is 27.9 Å². The molecule has 210 valence electrons. The second kappa shape index (κ2) is 11.5. The molecule has 0 fully saturated rings. The average Bonchev–Trinajstić information content (AvgIpc) is 3.56. The van der Waals surface area contributed by atoms with Crippen LogP contribution in [0.25, 0.3) is 0 Å². The third kappa shape index (κ3) is 5.86. The molecule has 0 saturated heterocycles. The molecule has 2 amide bonds. The molecule has 39 heavy (non-hydrogen) atoms. The number of aryl methyl sites for hydroxylation is 2. The fourth-order valence-corrected chi connectivity index (χ4v) is 6.87. The largest absolute Gasteiger partial charge is 0.486 e. The van der Waals surface area contributed by atoms with Gasteiger partial charge in [0.15, 0.2) is 5.75 Å². The van der Waals surface area contributed by atoms with Gasteiger partial charge in [-0.05, 0) is 43.5 Å². The van der Waals surface area contributed by atoms with Crippen LogP contribution in [0.15, 0.2) is 46.0 Å². The van der Waals surface area contributed by atoms with E-state index in [9.17, 15) is 23.1 Å². The molecule has 1 aliphatic heterocycles. The molecule has 3 atom stereocenters. The Balaban J connectivity index is 1.74. The molecule has 2 N–H and O–H groups in total. The van der Waals surface area contributed by atoms with Gasteiger partial charge in [-0.3, -0.25) is 14.3 Å². The Bertz CT molecular complexity index is 1450. The number of carbonyl (C=O) groups is 2. The zero-order valence-electron chi connectivity index (χ0n) is 22.5. The fraction of sp³-hybridized carbons (Fsp3) is 0.423. The Labute approximate surface area is 232 Å². The van der Waals surface area contributed by atoms with Crippen LogP contribution in [-0.4, -0.2) is 83.2 Å². The highest BCUT2D eigenvalue weighted by Crippen LogP contribution is 2.35. The van der Waals surface area contributed by atoms with Crippen molar-refractivity contribution in [3.8, 4) is 5.75 Å². The quantitative estimate of drug-likeness (QED) is 0.422. The average molecular weight is 576 g/mol. The van der Waals surface area contributed by atoms with Gasteiger partial charge in [0, 0.05) is 26.6 Å². The number of benzene rings is 1. The summed E-state index contributed by atoms with van der Waals surface area (Å²) in [6, 6.07) is 9.24. The number of amides is 2. The molecule has 4 rings (SSSR count). The second-order valence-electron chi connectivity index (χ2n) is 9.77. The summed E-state index contributed by atoms with van der Waals surface area (Å²) in [5.41, 5.74) is 1.47. The number of aliphatic hydroxyl groups is 1. The lowest BCUT2D eigenvalue weighted by atomic mass is 9.99. The summed E-state index contributed by atoms with van der Waals surface area (Å²) >= 11 is 1.13. The number of para-hydroxylation sites is 1. The number of nitrogens with one attached hydrogen (secondary N) is 1. The van der Waals surface area contributed by atoms with Crippen molar-refractivity contribution in [1.82, 2.24) is 19.0 Å². The first-order valence-electron chi connectivity index (χ1n) is 12.5. The molecule has 1 aromatic carbocycles. The highest BCUT2D eigenvalue weighted by molar-refractivity contribution is 7.91. The number of rotatable bonds is 8. The van der Waals surface area contributed by atoms with E-state index >= 15 is 0 Å². The highest BCUT2D eigenvalue weighted by Gasteiger charge is 2.36. The van der Waals surface area contributed by atoms with E-state index in [0.29, 0.717) is 11.4 Å². The number of likely N-dealkylation sites (N-methyl/N-ethyl adjacent to an activating group) is 1. The van der Waals surface area contributed by atoms with Gasteiger partial charge in [0.2, 0.25) is 0 Å². The van der Waals surface area contributed by atoms with Gasteiger partial charge in [0.1, 0.15) is 16.0 Å². The van der Waals surface area contributed by atoms with Crippen molar-refractivity contribution in [1.29, 1.82) is 0 Å². The van der Waals surface area contributed by atoms with Crippen LogP contribution < -0.4 is 10.1 Å². The minimum absolute atomic E-state index is 0.000414. The van der Waals surface area contributed by atoms with Crippen molar-refractivity contribution in [3.05, 3.63) is 58.7 Å². The lowest BCUT2D eigenvalue weighted by Gasteiger charge is -2.38. The Kier molecular flexibility index (Phi) is 8.45. The molecule has 11 nitrogen and oxygen atoms in total. The van der Waals surface area contributed by atoms with Crippen LogP contribution in [0.1, 0.15) is 40.4 Å². The van der Waals surface area contributed by atoms with Crippen LogP contribution in [0.5, 0.6) is 5.75 Å². The van der Waals surface area contributed by atoms with Gasteiger partial charge in [-0.25, -0.2) is 8.42 Å². The lowest BCUT2D eigenvalue weighted by molar-refractivity contribution is 0.0388. The number of hydrogen-bond donors (Lipinski definition) is 2. The number of anilines is 1. The van der Waals surface area contributed by atoms with E-state index in [0.717, 1.165) is 11.3 Å². The first-order valence-corrected chi connectivity index (χ1v) is 14.8. The molecule has 0 radical (unpaired) electrons. The van der Waals surface area contributed by atoms with Gasteiger partial charge in [0.05, 0.1) is 36.1 Å². The summed E-state index contributed by atoms with van der Waals surface area (Å²) in [6.07, 6.45) is -0.679. The van der Waals surface area contributed by atoms with Gasteiger partial charge in [-0.15, -0.1) is 11.3 Å². The van der Waals surface area contributed by atoms with Crippen LogP contribution in [0, 0.1) is 12.8 Å². The Morgan fingerprint density at radius 1 is 1.33 bits per heavy atom. The number of ether oxygens (including phenoxy) is 1. The number of aromatic nitrogens is 2. The standard InChI is InChI=1S/C26H33N5O6S2/c1-16-13-31(18(3)15-32)26(34)19-8-6-9-20(27-25(33)21-12-17(2)28-30(21)5)24(19)37-22(16)14-29(4)39(35,36)23-10-7-11-38-23/h6-12,16,18,22,32H,13-15H2,1-5H3,(H,27,33)/t16-,18+,22-/m0/s1. The van der Waals surface area contributed by atoms with Crippen LogP contribution in [0.2, 0.25) is 0 Å². The summed E-state index contributed by atoms with van der Waals surface area (Å²) in [6.45, 7) is 5.38. The van der Waals surface area contributed by atoms with Gasteiger partial charge in [0.25, 0.3) is 21.8 Å². The number of hydrogen-bond acceptors (Lipinski definition) is 8. The third-order valence-electron chi connectivity index (χ3n) is 6.77. The molecular formula is C26H33N5O6S2. The molecule has 0 bridgehead atoms. The van der Waals surface area contributed by atoms with Crippen LogP contribution in [0.4, 0.5) is 5.69 Å². The molecule has 3 aromatic rings. The molecule has 1 aliphatic rings. The number of fused-ring (bicyclic) bond motifs is 1. The zero-order valence-corrected chi connectivity index (χ0v) is 24.1. The van der Waals surface area contributed by atoms with Crippen LogP contribution in [0.3, 0.4) is 0 Å². The van der Waals surface area contributed by atoms with Crippen molar-refractivity contribution in [2.24, 2.45) is 13.0 Å². The molecule has 0 aliphatic carbocycles. The van der Waals surface area contributed by atoms with E-state index in [1.54, 1.807) is 67.6 Å². The SMILES string of the molecule is Cc1cc(C(=O)Nc2cccc3c2O[C@@H](CN(C)S(=O)(=O)c2cccs2)[C@@H](C)CN([C@H](C)CO)C3=O)n(C)n1. The number of thiophene rings is 1. The molecular weight excluding hydrogens is 542 g/mol. The van der Waals surface area contributed by atoms with Gasteiger partial charge < -0.3 is 20.1 Å². The topological polar surface area (TPSA) is 134 Å². The van der Waals surface area contributed by atoms with E-state index in [1.807, 2.05) is 6.92 Å². The fourth-order valence-electron chi connectivity index (χ4n) is 4.48. The molecule has 3 heterocycles. The summed E-state index contributed by atoms with van der Waals surface area (Å²) in [5.74, 6) is -0.972. The van der Waals surface area contributed by atoms with Crippen molar-refractivity contribution >= 4 is 38.9 Å². The molecule has 0 unspecified atom stereocenters. The Morgan fingerprint density at radius 2 is 2.08 bits per heavy atom. The van der Waals surface area contributed by atoms with Crippen molar-refractivity contribution in [3.63, 3.8) is 0 Å². The van der Waals surface area contributed by atoms with Crippen LogP contribution >= 0.6 is 11.3 Å². The zero-order chi connectivity index (χ0) is 28.5. The van der Waals surface area contributed by atoms with E-state index < -0.39 is 28.1 Å². The van der Waals surface area contributed by atoms with Crippen molar-refractivity contribution in [2.45, 2.75) is 37.1 Å². The van der Waals surface area contributed by atoms with Crippen molar-refractivity contribution in [2.75, 3.05) is 32.1 Å². The number of aliphatic hydroxyl groups excluding tert-OH is 1. The Hall–Kier alpha value is -3.26. The number of nitrogens with zero attached hydrogens (tertiary/aromatic N) is 4. The second-order valence-corrected chi connectivity index (χ2v) is 13.0. The molecule has 2 aromatic heterocycles. The van der Waals surface area contributed by atoms with E-state index in [4.69, 9.17) is 4.74 Å². The first kappa shape index (κ1) is 28.7. The Morgan fingerprint density at radius 3 is 2.69 bits per heavy atom. The smallest absolute Gasteiger partial charge is 0.274 e. The predicted octanol–water partition coefficient (Wildman–Crippen LogP) is 2.58. The van der Waals surface area contributed by atoms with E-state index in [1.165, 1.54) is 16.0 Å². The normalized spacial score (nSPS) is 18.7. The maximum atomic E-state index is 13.6. The van der Waals surface area contributed by atoms with Gasteiger partial charge >= 0.3 is 0 Å². The van der Waals surface area contributed by atoms with Gasteiger partial charge in [-0.2, -0.15) is 9.40 Å². The maximum Gasteiger partial charge on any atom is 0.274 e. The molecule has 0 saturated carbocycles. The lowest BCUT2D eigenvalue weighted by Crippen LogP contribution is -2.50. The summed E-state index contributed by atoms with van der Waals surface area (Å²) in [5, 5.41) is 18.6. The van der Waals surface area contributed by atoms with Gasteiger partial charge in [-0.1, -0.05) is 19.1 Å². The number of carbonyl (C=O) groups excluding carboxylic acids is 2. The number of sulfonamides is 1.